The van der Waals surface area contributed by atoms with Crippen LogP contribution in [-0.2, 0) is 16.0 Å². The molecule has 0 spiro atoms. The van der Waals surface area contributed by atoms with Crippen LogP contribution in [0.25, 0.3) is 10.9 Å². The van der Waals surface area contributed by atoms with Gasteiger partial charge < -0.3 is 10.3 Å². The molecule has 0 aliphatic carbocycles. The molecule has 3 aromatic rings. The molecule has 2 heterocycles. The monoisotopic (exact) mass is 365 g/mol. The summed E-state index contributed by atoms with van der Waals surface area (Å²) in [6, 6.07) is 10.0. The summed E-state index contributed by atoms with van der Waals surface area (Å²) in [5.41, 5.74) is 6.83. The van der Waals surface area contributed by atoms with Gasteiger partial charge in [0.2, 0.25) is 5.91 Å². The van der Waals surface area contributed by atoms with Gasteiger partial charge in [-0.15, -0.1) is 0 Å². The number of para-hydroxylation sites is 1. The van der Waals surface area contributed by atoms with E-state index in [1.54, 1.807) is 24.5 Å². The molecule has 0 saturated carbocycles. The summed E-state index contributed by atoms with van der Waals surface area (Å²) in [6.45, 7) is 1.34. The van der Waals surface area contributed by atoms with Crippen molar-refractivity contribution in [3.8, 4) is 0 Å². The number of H-pyrrole nitrogens is 1. The predicted octanol–water partition coefficient (Wildman–Crippen LogP) is 1.07. The molecule has 27 heavy (non-hydrogen) atoms. The lowest BCUT2D eigenvalue weighted by molar-refractivity contribution is -0.128. The smallest absolute Gasteiger partial charge is 0.271 e. The summed E-state index contributed by atoms with van der Waals surface area (Å²) in [5.74, 6) is -1.36. The van der Waals surface area contributed by atoms with E-state index in [1.165, 1.54) is 13.1 Å². The maximum absolute atomic E-state index is 12.5. The second-order valence-corrected chi connectivity index (χ2v) is 6.00. The number of amides is 3. The van der Waals surface area contributed by atoms with E-state index in [-0.39, 0.29) is 12.3 Å². The van der Waals surface area contributed by atoms with E-state index in [0.717, 1.165) is 16.5 Å². The SMILES string of the molecule is CC(=O)N[C@@H](Cc1c[nH]c2ccccc12)C(=O)NNC(=O)c1cccnc1. The average molecular weight is 365 g/mol. The Hall–Kier alpha value is -3.68. The normalized spacial score (nSPS) is 11.6. The van der Waals surface area contributed by atoms with Crippen molar-refractivity contribution in [3.05, 3.63) is 66.1 Å². The highest BCUT2D eigenvalue weighted by Crippen LogP contribution is 2.19. The van der Waals surface area contributed by atoms with Crippen molar-refractivity contribution in [1.82, 2.24) is 26.1 Å². The van der Waals surface area contributed by atoms with E-state index in [2.05, 4.69) is 26.1 Å². The van der Waals surface area contributed by atoms with Gasteiger partial charge in [-0.1, -0.05) is 18.2 Å². The number of pyridine rings is 1. The van der Waals surface area contributed by atoms with Crippen molar-refractivity contribution in [2.24, 2.45) is 0 Å². The number of hydrogen-bond donors (Lipinski definition) is 4. The first-order chi connectivity index (χ1) is 13.0. The van der Waals surface area contributed by atoms with Crippen molar-refractivity contribution >= 4 is 28.6 Å². The maximum atomic E-state index is 12.5. The molecule has 138 valence electrons. The van der Waals surface area contributed by atoms with Crippen molar-refractivity contribution in [2.75, 3.05) is 0 Å². The summed E-state index contributed by atoms with van der Waals surface area (Å²) >= 11 is 0. The minimum atomic E-state index is -0.837. The number of carbonyl (C=O) groups is 3. The summed E-state index contributed by atoms with van der Waals surface area (Å²) in [6.07, 6.45) is 5.02. The Morgan fingerprint density at radius 1 is 1.11 bits per heavy atom. The highest BCUT2D eigenvalue weighted by molar-refractivity contribution is 5.96. The molecule has 0 aliphatic heterocycles. The number of rotatable bonds is 5. The molecule has 1 aromatic carbocycles. The first kappa shape index (κ1) is 18.1. The first-order valence-electron chi connectivity index (χ1n) is 8.37. The van der Waals surface area contributed by atoms with Gasteiger partial charge in [0.15, 0.2) is 0 Å². The molecule has 8 nitrogen and oxygen atoms in total. The van der Waals surface area contributed by atoms with E-state index in [4.69, 9.17) is 0 Å². The van der Waals surface area contributed by atoms with Gasteiger partial charge in [-0.2, -0.15) is 0 Å². The number of aromatic amines is 1. The van der Waals surface area contributed by atoms with Crippen LogP contribution in [0.3, 0.4) is 0 Å². The first-order valence-corrected chi connectivity index (χ1v) is 8.37. The lowest BCUT2D eigenvalue weighted by Gasteiger charge is -2.17. The van der Waals surface area contributed by atoms with Crippen LogP contribution in [0.1, 0.15) is 22.8 Å². The maximum Gasteiger partial charge on any atom is 0.271 e. The summed E-state index contributed by atoms with van der Waals surface area (Å²) < 4.78 is 0. The largest absolute Gasteiger partial charge is 0.361 e. The predicted molar refractivity (Wildman–Crippen MR) is 99.5 cm³/mol. The number of hydrogen-bond acceptors (Lipinski definition) is 4. The Kier molecular flexibility index (Phi) is 5.46. The molecular weight excluding hydrogens is 346 g/mol. The zero-order chi connectivity index (χ0) is 19.2. The van der Waals surface area contributed by atoms with Crippen LogP contribution in [0, 0.1) is 0 Å². The Morgan fingerprint density at radius 3 is 2.67 bits per heavy atom. The minimum Gasteiger partial charge on any atom is -0.361 e. The number of carbonyl (C=O) groups excluding carboxylic acids is 3. The highest BCUT2D eigenvalue weighted by atomic mass is 16.2. The van der Waals surface area contributed by atoms with Crippen molar-refractivity contribution in [1.29, 1.82) is 0 Å². The molecule has 0 aliphatic rings. The fraction of sp³-hybridized carbons (Fsp3) is 0.158. The molecule has 3 amide bonds. The number of aromatic nitrogens is 2. The molecular formula is C19H19N5O3. The van der Waals surface area contributed by atoms with E-state index in [9.17, 15) is 14.4 Å². The lowest BCUT2D eigenvalue weighted by Crippen LogP contribution is -2.52. The van der Waals surface area contributed by atoms with E-state index < -0.39 is 17.9 Å². The second kappa shape index (κ2) is 8.13. The molecule has 8 heteroatoms. The van der Waals surface area contributed by atoms with Gasteiger partial charge >= 0.3 is 0 Å². The number of benzene rings is 1. The molecule has 0 bridgehead atoms. The van der Waals surface area contributed by atoms with E-state index >= 15 is 0 Å². The van der Waals surface area contributed by atoms with Crippen LogP contribution >= 0.6 is 0 Å². The Balaban J connectivity index is 1.69. The van der Waals surface area contributed by atoms with Crippen molar-refractivity contribution < 1.29 is 14.4 Å². The van der Waals surface area contributed by atoms with Gasteiger partial charge in [0.25, 0.3) is 11.8 Å². The lowest BCUT2D eigenvalue weighted by atomic mass is 10.0. The van der Waals surface area contributed by atoms with Crippen molar-refractivity contribution in [3.63, 3.8) is 0 Å². The Morgan fingerprint density at radius 2 is 1.93 bits per heavy atom. The van der Waals surface area contributed by atoms with Crippen LogP contribution in [0.5, 0.6) is 0 Å². The fourth-order valence-corrected chi connectivity index (χ4v) is 2.75. The summed E-state index contributed by atoms with van der Waals surface area (Å²) in [7, 11) is 0. The standard InChI is InChI=1S/C19H19N5O3/c1-12(25)22-17(9-14-11-21-16-7-3-2-6-15(14)16)19(27)24-23-18(26)13-5-4-8-20-10-13/h2-8,10-11,17,21H,9H2,1H3,(H,22,25)(H,23,26)(H,24,27)/t17-/m0/s1. The fourth-order valence-electron chi connectivity index (χ4n) is 2.75. The van der Waals surface area contributed by atoms with Gasteiger partial charge in [-0.25, -0.2) is 0 Å². The van der Waals surface area contributed by atoms with Crippen LogP contribution in [0.15, 0.2) is 55.0 Å². The van der Waals surface area contributed by atoms with Gasteiger partial charge in [0.1, 0.15) is 6.04 Å². The molecule has 4 N–H and O–H groups in total. The van der Waals surface area contributed by atoms with Gasteiger partial charge in [0.05, 0.1) is 5.56 Å². The highest BCUT2D eigenvalue weighted by Gasteiger charge is 2.22. The second-order valence-electron chi connectivity index (χ2n) is 6.00. The molecule has 0 radical (unpaired) electrons. The van der Waals surface area contributed by atoms with Crippen LogP contribution < -0.4 is 16.2 Å². The number of hydrazine groups is 1. The van der Waals surface area contributed by atoms with Crippen LogP contribution in [0.2, 0.25) is 0 Å². The molecule has 0 fully saturated rings. The minimum absolute atomic E-state index is 0.276. The molecule has 1 atom stereocenters. The molecule has 3 rings (SSSR count). The van der Waals surface area contributed by atoms with Crippen molar-refractivity contribution in [2.45, 2.75) is 19.4 Å². The van der Waals surface area contributed by atoms with Gasteiger partial charge in [0, 0.05) is 42.8 Å². The molecule has 0 saturated heterocycles. The van der Waals surface area contributed by atoms with Gasteiger partial charge in [-0.3, -0.25) is 30.2 Å². The van der Waals surface area contributed by atoms with E-state index in [0.29, 0.717) is 5.56 Å². The zero-order valence-electron chi connectivity index (χ0n) is 14.7. The third-order valence-corrected chi connectivity index (χ3v) is 4.02. The summed E-state index contributed by atoms with van der Waals surface area (Å²) in [4.78, 5) is 43.0. The average Bonchev–Trinajstić information content (AvgIpc) is 3.08. The molecule has 2 aromatic heterocycles. The topological polar surface area (TPSA) is 116 Å². The Bertz CT molecular complexity index is 968. The molecule has 0 unspecified atom stereocenters. The number of nitrogens with zero attached hydrogens (tertiary/aromatic N) is 1. The van der Waals surface area contributed by atoms with Crippen LogP contribution in [0.4, 0.5) is 0 Å². The van der Waals surface area contributed by atoms with Gasteiger partial charge in [-0.05, 0) is 23.8 Å². The van der Waals surface area contributed by atoms with Crippen LogP contribution in [-0.4, -0.2) is 33.7 Å². The van der Waals surface area contributed by atoms with E-state index in [1.807, 2.05) is 24.3 Å². The third kappa shape index (κ3) is 4.49. The number of fused-ring (bicyclic) bond motifs is 1. The zero-order valence-corrected chi connectivity index (χ0v) is 14.7. The quantitative estimate of drug-likeness (QED) is 0.506. The number of nitrogens with one attached hydrogen (secondary N) is 4. The third-order valence-electron chi connectivity index (χ3n) is 4.02. The summed E-state index contributed by atoms with van der Waals surface area (Å²) in [5, 5.41) is 3.59. The Labute approximate surface area is 155 Å².